The van der Waals surface area contributed by atoms with Crippen LogP contribution in [0.2, 0.25) is 5.02 Å². The summed E-state index contributed by atoms with van der Waals surface area (Å²) >= 11 is 5.88. The lowest BCUT2D eigenvalue weighted by Gasteiger charge is -2.29. The fourth-order valence-corrected chi connectivity index (χ4v) is 4.23. The summed E-state index contributed by atoms with van der Waals surface area (Å²) in [7, 11) is 0. The van der Waals surface area contributed by atoms with Crippen molar-refractivity contribution in [1.82, 2.24) is 4.98 Å². The highest BCUT2D eigenvalue weighted by Gasteiger charge is 2.27. The minimum atomic E-state index is 0.000630. The van der Waals surface area contributed by atoms with Crippen LogP contribution in [0, 0.1) is 13.8 Å². The van der Waals surface area contributed by atoms with Crippen LogP contribution in [-0.4, -0.2) is 62.4 Å². The first kappa shape index (κ1) is 21.6. The maximum atomic E-state index is 12.8. The molecule has 0 spiro atoms. The highest BCUT2D eigenvalue weighted by molar-refractivity contribution is 6.30. The SMILES string of the molecule is CC(=O)c1c(C)[nH]c(C(=O)C[NH+]2CC[NH+](CCOc3ccc(Cl)cc3)CC2)c1C. The number of carbonyl (C=O) groups excluding carboxylic acids is 2. The van der Waals surface area contributed by atoms with E-state index in [1.165, 1.54) is 9.80 Å². The van der Waals surface area contributed by atoms with Gasteiger partial charge in [-0.25, -0.2) is 0 Å². The molecule has 2 aromatic rings. The van der Waals surface area contributed by atoms with E-state index in [4.69, 9.17) is 16.3 Å². The number of aromatic amines is 1. The Bertz CT molecular complexity index is 868. The minimum Gasteiger partial charge on any atom is -0.488 e. The van der Waals surface area contributed by atoms with E-state index >= 15 is 0 Å². The lowest BCUT2D eigenvalue weighted by molar-refractivity contribution is -1.01. The number of hydrogen-bond acceptors (Lipinski definition) is 3. The first-order chi connectivity index (χ1) is 13.8. The van der Waals surface area contributed by atoms with Gasteiger partial charge in [0.2, 0.25) is 5.78 Å². The van der Waals surface area contributed by atoms with Crippen LogP contribution in [-0.2, 0) is 0 Å². The average molecular weight is 420 g/mol. The van der Waals surface area contributed by atoms with E-state index < -0.39 is 0 Å². The summed E-state index contributed by atoms with van der Waals surface area (Å²) in [6, 6.07) is 7.42. The molecule has 1 fully saturated rings. The summed E-state index contributed by atoms with van der Waals surface area (Å²) in [5.41, 5.74) is 2.80. The second kappa shape index (κ2) is 9.57. The number of benzene rings is 1. The highest BCUT2D eigenvalue weighted by atomic mass is 35.5. The molecule has 0 amide bonds. The number of halogens is 1. The standard InChI is InChI=1S/C22H28ClN3O3/c1-15-21(17(3)27)16(2)24-22(15)20(28)14-26-10-8-25(9-11-26)12-13-29-19-6-4-18(23)5-7-19/h4-7,24H,8-14H2,1-3H3/p+2. The number of piperazine rings is 1. The zero-order valence-corrected chi connectivity index (χ0v) is 18.1. The second-order valence-corrected chi connectivity index (χ2v) is 8.27. The van der Waals surface area contributed by atoms with Crippen LogP contribution in [0.4, 0.5) is 0 Å². The summed E-state index contributed by atoms with van der Waals surface area (Å²) in [4.78, 5) is 30.5. The number of Topliss-reactive ketones (excluding diaryl/α,β-unsaturated/α-hetero) is 2. The minimum absolute atomic E-state index is 0.000630. The van der Waals surface area contributed by atoms with Gasteiger partial charge in [-0.3, -0.25) is 9.59 Å². The molecule has 1 aromatic heterocycles. The molecule has 0 aliphatic carbocycles. The molecular weight excluding hydrogens is 390 g/mol. The first-order valence-electron chi connectivity index (χ1n) is 10.1. The van der Waals surface area contributed by atoms with Gasteiger partial charge in [0, 0.05) is 16.3 Å². The third kappa shape index (κ3) is 5.47. The van der Waals surface area contributed by atoms with Gasteiger partial charge in [-0.1, -0.05) is 11.6 Å². The summed E-state index contributed by atoms with van der Waals surface area (Å²) in [6.07, 6.45) is 0. The van der Waals surface area contributed by atoms with E-state index in [0.717, 1.165) is 49.7 Å². The maximum Gasteiger partial charge on any atom is 0.233 e. The van der Waals surface area contributed by atoms with Crippen molar-refractivity contribution < 1.29 is 24.1 Å². The monoisotopic (exact) mass is 419 g/mol. The molecule has 7 heteroatoms. The molecule has 0 unspecified atom stereocenters. The average Bonchev–Trinajstić information content (AvgIpc) is 2.99. The van der Waals surface area contributed by atoms with E-state index in [1.54, 1.807) is 6.92 Å². The zero-order valence-electron chi connectivity index (χ0n) is 17.4. The molecule has 156 valence electrons. The first-order valence-corrected chi connectivity index (χ1v) is 10.5. The Morgan fingerprint density at radius 2 is 1.69 bits per heavy atom. The number of nitrogens with one attached hydrogen (secondary N) is 3. The smallest absolute Gasteiger partial charge is 0.233 e. The van der Waals surface area contributed by atoms with Crippen LogP contribution >= 0.6 is 11.6 Å². The van der Waals surface area contributed by atoms with Crippen molar-refractivity contribution in [2.45, 2.75) is 20.8 Å². The van der Waals surface area contributed by atoms with Crippen molar-refractivity contribution in [3.8, 4) is 5.75 Å². The Morgan fingerprint density at radius 1 is 1.07 bits per heavy atom. The van der Waals surface area contributed by atoms with E-state index in [1.807, 2.05) is 38.1 Å². The number of aryl methyl sites for hydroxylation is 1. The predicted octanol–water partition coefficient (Wildman–Crippen LogP) is 0.533. The van der Waals surface area contributed by atoms with Crippen molar-refractivity contribution in [2.75, 3.05) is 45.9 Å². The zero-order chi connectivity index (χ0) is 21.0. The largest absolute Gasteiger partial charge is 0.488 e. The lowest BCUT2D eigenvalue weighted by atomic mass is 10.1. The summed E-state index contributed by atoms with van der Waals surface area (Å²) in [6.45, 7) is 11.3. The van der Waals surface area contributed by atoms with E-state index in [-0.39, 0.29) is 11.6 Å². The number of aromatic nitrogens is 1. The lowest BCUT2D eigenvalue weighted by Crippen LogP contribution is -3.28. The fourth-order valence-electron chi connectivity index (χ4n) is 4.10. The maximum absolute atomic E-state index is 12.8. The highest BCUT2D eigenvalue weighted by Crippen LogP contribution is 2.18. The normalized spacial score (nSPS) is 19.2. The molecule has 29 heavy (non-hydrogen) atoms. The van der Waals surface area contributed by atoms with Gasteiger partial charge in [-0.05, 0) is 50.6 Å². The number of ketones is 2. The van der Waals surface area contributed by atoms with Crippen molar-refractivity contribution in [3.05, 3.63) is 51.8 Å². The third-order valence-electron chi connectivity index (χ3n) is 5.68. The summed E-state index contributed by atoms with van der Waals surface area (Å²) in [5, 5.41) is 0.707. The molecular formula is C22H30ClN3O3+2. The van der Waals surface area contributed by atoms with Crippen molar-refractivity contribution in [1.29, 1.82) is 0 Å². The molecule has 1 saturated heterocycles. The third-order valence-corrected chi connectivity index (χ3v) is 5.93. The van der Waals surface area contributed by atoms with Gasteiger partial charge in [-0.2, -0.15) is 0 Å². The van der Waals surface area contributed by atoms with Crippen LogP contribution in [0.5, 0.6) is 5.75 Å². The number of hydrogen-bond donors (Lipinski definition) is 3. The molecule has 1 aliphatic heterocycles. The van der Waals surface area contributed by atoms with Crippen LogP contribution < -0.4 is 14.5 Å². The predicted molar refractivity (Wildman–Crippen MR) is 113 cm³/mol. The number of quaternary nitrogens is 2. The number of H-pyrrole nitrogens is 1. The Kier molecular flexibility index (Phi) is 7.11. The molecule has 0 saturated carbocycles. The van der Waals surface area contributed by atoms with Gasteiger partial charge in [0.15, 0.2) is 5.78 Å². The Balaban J connectivity index is 1.44. The van der Waals surface area contributed by atoms with Gasteiger partial charge in [-0.15, -0.1) is 0 Å². The summed E-state index contributed by atoms with van der Waals surface area (Å²) in [5.74, 6) is 0.925. The fraction of sp³-hybridized carbons (Fsp3) is 0.455. The van der Waals surface area contributed by atoms with Crippen molar-refractivity contribution in [3.63, 3.8) is 0 Å². The van der Waals surface area contributed by atoms with Gasteiger partial charge >= 0.3 is 0 Å². The van der Waals surface area contributed by atoms with Gasteiger partial charge in [0.05, 0.1) is 5.69 Å². The number of rotatable bonds is 8. The molecule has 0 atom stereocenters. The van der Waals surface area contributed by atoms with E-state index in [0.29, 0.717) is 29.4 Å². The quantitative estimate of drug-likeness (QED) is 0.547. The van der Waals surface area contributed by atoms with Crippen LogP contribution in [0.1, 0.15) is 39.0 Å². The Labute approximate surface area is 176 Å². The molecule has 1 aromatic carbocycles. The van der Waals surface area contributed by atoms with Crippen LogP contribution in [0.3, 0.4) is 0 Å². The van der Waals surface area contributed by atoms with Crippen molar-refractivity contribution in [2.24, 2.45) is 0 Å². The Hall–Kier alpha value is -2.15. The summed E-state index contributed by atoms with van der Waals surface area (Å²) < 4.78 is 5.79. The van der Waals surface area contributed by atoms with Crippen LogP contribution in [0.15, 0.2) is 24.3 Å². The molecule has 1 aliphatic rings. The molecule has 3 N–H and O–H groups in total. The molecule has 0 radical (unpaired) electrons. The number of carbonyl (C=O) groups is 2. The van der Waals surface area contributed by atoms with Crippen molar-refractivity contribution >= 4 is 23.2 Å². The van der Waals surface area contributed by atoms with Gasteiger partial charge in [0.25, 0.3) is 0 Å². The van der Waals surface area contributed by atoms with Gasteiger partial charge < -0.3 is 19.5 Å². The van der Waals surface area contributed by atoms with E-state index in [2.05, 4.69) is 4.98 Å². The Morgan fingerprint density at radius 3 is 2.28 bits per heavy atom. The van der Waals surface area contributed by atoms with Crippen LogP contribution in [0.25, 0.3) is 0 Å². The van der Waals surface area contributed by atoms with Gasteiger partial charge in [0.1, 0.15) is 51.6 Å². The molecule has 6 nitrogen and oxygen atoms in total. The number of ether oxygens (including phenoxy) is 1. The molecule has 2 heterocycles. The second-order valence-electron chi connectivity index (χ2n) is 7.83. The topological polar surface area (TPSA) is 68.0 Å². The van der Waals surface area contributed by atoms with E-state index in [9.17, 15) is 9.59 Å². The molecule has 3 rings (SSSR count). The molecule has 0 bridgehead atoms.